The van der Waals surface area contributed by atoms with Crippen LogP contribution in [0, 0.1) is 5.92 Å². The van der Waals surface area contributed by atoms with Crippen LogP contribution in [-0.4, -0.2) is 53.6 Å². The molecule has 186 valence electrons. The van der Waals surface area contributed by atoms with Crippen molar-refractivity contribution in [2.45, 2.75) is 52.0 Å². The van der Waals surface area contributed by atoms with Crippen LogP contribution in [0.3, 0.4) is 0 Å². The molecule has 1 saturated heterocycles. The normalized spacial score (nSPS) is 15.4. The van der Waals surface area contributed by atoms with E-state index in [-0.39, 0.29) is 30.9 Å². The van der Waals surface area contributed by atoms with E-state index in [1.807, 2.05) is 31.3 Å². The summed E-state index contributed by atoms with van der Waals surface area (Å²) in [4.78, 5) is 20.9. The fraction of sp³-hybridized carbons (Fsp3) is 0.520. The van der Waals surface area contributed by atoms with Gasteiger partial charge in [-0.15, -0.1) is 0 Å². The Hall–Kier alpha value is -2.81. The summed E-state index contributed by atoms with van der Waals surface area (Å²) in [5, 5.41) is 3.05. The number of alkyl halides is 3. The molecule has 0 saturated carbocycles. The molecular formula is C25H33F3N4O2. The highest BCUT2D eigenvalue weighted by atomic mass is 19.4. The number of amides is 2. The van der Waals surface area contributed by atoms with Gasteiger partial charge in [-0.2, -0.15) is 13.2 Å². The summed E-state index contributed by atoms with van der Waals surface area (Å²) >= 11 is 0. The van der Waals surface area contributed by atoms with Crippen molar-refractivity contribution in [1.29, 1.82) is 0 Å². The molecule has 1 aliphatic heterocycles. The van der Waals surface area contributed by atoms with E-state index >= 15 is 0 Å². The molecule has 0 radical (unpaired) electrons. The van der Waals surface area contributed by atoms with Crippen LogP contribution in [0.15, 0.2) is 42.6 Å². The van der Waals surface area contributed by atoms with Gasteiger partial charge in [0.15, 0.2) is 0 Å². The molecule has 1 aliphatic rings. The average molecular weight is 479 g/mol. The smallest absolute Gasteiger partial charge is 0.416 e. The SMILES string of the molecule is CC(C)COc1ccc(CN(Cc2cc(C(F)(F)F)ccn2)C(=O)NC2CCN(C)CC2)cc1. The van der Waals surface area contributed by atoms with Gasteiger partial charge in [0.2, 0.25) is 0 Å². The molecule has 0 spiro atoms. The minimum absolute atomic E-state index is 0.0338. The number of urea groups is 1. The van der Waals surface area contributed by atoms with Gasteiger partial charge in [0, 0.05) is 18.8 Å². The molecule has 2 heterocycles. The number of pyridine rings is 1. The Labute approximate surface area is 199 Å². The molecule has 6 nitrogen and oxygen atoms in total. The van der Waals surface area contributed by atoms with Crippen LogP contribution in [0.4, 0.5) is 18.0 Å². The summed E-state index contributed by atoms with van der Waals surface area (Å²) in [7, 11) is 2.04. The number of likely N-dealkylation sites (tertiary alicyclic amines) is 1. The summed E-state index contributed by atoms with van der Waals surface area (Å²) < 4.78 is 45.2. The molecule has 1 aromatic heterocycles. The third kappa shape index (κ3) is 7.90. The molecule has 3 rings (SSSR count). The third-order valence-electron chi connectivity index (χ3n) is 5.71. The molecule has 34 heavy (non-hydrogen) atoms. The highest BCUT2D eigenvalue weighted by Gasteiger charge is 2.31. The summed E-state index contributed by atoms with van der Waals surface area (Å²) in [5.74, 6) is 1.14. The van der Waals surface area contributed by atoms with Crippen LogP contribution in [0.5, 0.6) is 5.75 Å². The van der Waals surface area contributed by atoms with Crippen LogP contribution in [0.25, 0.3) is 0 Å². The maximum Gasteiger partial charge on any atom is 0.416 e. The molecule has 1 fully saturated rings. The van der Waals surface area contributed by atoms with Crippen molar-refractivity contribution < 1.29 is 22.7 Å². The zero-order valence-electron chi connectivity index (χ0n) is 19.9. The Kier molecular flexibility index (Phi) is 8.77. The number of aromatic nitrogens is 1. The summed E-state index contributed by atoms with van der Waals surface area (Å²) in [6.45, 7) is 6.71. The highest BCUT2D eigenvalue weighted by molar-refractivity contribution is 5.74. The van der Waals surface area contributed by atoms with Crippen molar-refractivity contribution in [1.82, 2.24) is 20.1 Å². The van der Waals surface area contributed by atoms with Crippen LogP contribution < -0.4 is 10.1 Å². The predicted molar refractivity (Wildman–Crippen MR) is 124 cm³/mol. The second-order valence-electron chi connectivity index (χ2n) is 9.27. The van der Waals surface area contributed by atoms with E-state index in [0.717, 1.165) is 55.6 Å². The Morgan fingerprint density at radius 3 is 2.47 bits per heavy atom. The third-order valence-corrected chi connectivity index (χ3v) is 5.71. The first-order valence-corrected chi connectivity index (χ1v) is 11.6. The molecule has 1 N–H and O–H groups in total. The van der Waals surface area contributed by atoms with E-state index in [2.05, 4.69) is 29.0 Å². The zero-order chi connectivity index (χ0) is 24.7. The number of piperidine rings is 1. The van der Waals surface area contributed by atoms with Crippen LogP contribution in [0.2, 0.25) is 0 Å². The second-order valence-corrected chi connectivity index (χ2v) is 9.27. The number of rotatable bonds is 8. The van der Waals surface area contributed by atoms with Crippen molar-refractivity contribution in [3.05, 3.63) is 59.4 Å². The monoisotopic (exact) mass is 478 g/mol. The Morgan fingerprint density at radius 1 is 1.18 bits per heavy atom. The van der Waals surface area contributed by atoms with Crippen molar-refractivity contribution >= 4 is 6.03 Å². The minimum atomic E-state index is -4.47. The van der Waals surface area contributed by atoms with Gasteiger partial charge in [-0.05, 0) is 68.7 Å². The summed E-state index contributed by atoms with van der Waals surface area (Å²) in [5.41, 5.74) is 0.257. The van der Waals surface area contributed by atoms with Gasteiger partial charge < -0.3 is 19.9 Å². The summed E-state index contributed by atoms with van der Waals surface area (Å²) in [6, 6.07) is 9.07. The quantitative estimate of drug-likeness (QED) is 0.584. The largest absolute Gasteiger partial charge is 0.493 e. The first-order chi connectivity index (χ1) is 16.1. The van der Waals surface area contributed by atoms with Crippen LogP contribution >= 0.6 is 0 Å². The summed E-state index contributed by atoms with van der Waals surface area (Å²) in [6.07, 6.45) is -1.67. The maximum absolute atomic E-state index is 13.2. The number of benzene rings is 1. The molecule has 0 unspecified atom stereocenters. The van der Waals surface area contributed by atoms with Gasteiger partial charge in [0.1, 0.15) is 5.75 Å². The molecule has 0 atom stereocenters. The number of carbonyl (C=O) groups is 1. The number of ether oxygens (including phenoxy) is 1. The van der Waals surface area contributed by atoms with Gasteiger partial charge in [0.25, 0.3) is 0 Å². The number of hydrogen-bond acceptors (Lipinski definition) is 4. The fourth-order valence-electron chi connectivity index (χ4n) is 3.73. The van der Waals surface area contributed by atoms with E-state index in [9.17, 15) is 18.0 Å². The lowest BCUT2D eigenvalue weighted by Gasteiger charge is -2.32. The van der Waals surface area contributed by atoms with E-state index < -0.39 is 11.7 Å². The highest BCUT2D eigenvalue weighted by Crippen LogP contribution is 2.29. The molecular weight excluding hydrogens is 445 g/mol. The lowest BCUT2D eigenvalue weighted by atomic mass is 10.1. The molecule has 2 aromatic rings. The fourth-order valence-corrected chi connectivity index (χ4v) is 3.73. The standard InChI is InChI=1S/C25H33F3N4O2/c1-18(2)17-34-23-6-4-19(5-7-23)15-32(24(33)30-21-9-12-31(3)13-10-21)16-22-14-20(8-11-29-22)25(26,27)28/h4-8,11,14,18,21H,9-10,12-13,15-17H2,1-3H3,(H,30,33). The average Bonchev–Trinajstić information content (AvgIpc) is 2.79. The Bertz CT molecular complexity index is 927. The van der Waals surface area contributed by atoms with E-state index in [0.29, 0.717) is 12.5 Å². The second kappa shape index (κ2) is 11.6. The Balaban J connectivity index is 1.74. The van der Waals surface area contributed by atoms with E-state index in [1.165, 1.54) is 4.90 Å². The minimum Gasteiger partial charge on any atom is -0.493 e. The van der Waals surface area contributed by atoms with Gasteiger partial charge in [0.05, 0.1) is 24.4 Å². The first kappa shape index (κ1) is 25.8. The number of nitrogens with zero attached hydrogens (tertiary/aromatic N) is 3. The molecule has 1 aromatic carbocycles. The van der Waals surface area contributed by atoms with E-state index in [1.54, 1.807) is 0 Å². The number of carbonyl (C=O) groups excluding carboxylic acids is 1. The van der Waals surface area contributed by atoms with Crippen molar-refractivity contribution in [2.24, 2.45) is 5.92 Å². The lowest BCUT2D eigenvalue weighted by molar-refractivity contribution is -0.137. The van der Waals surface area contributed by atoms with Crippen molar-refractivity contribution in [3.63, 3.8) is 0 Å². The molecule has 2 amide bonds. The van der Waals surface area contributed by atoms with Crippen LogP contribution in [0.1, 0.15) is 43.5 Å². The Morgan fingerprint density at radius 2 is 1.85 bits per heavy atom. The predicted octanol–water partition coefficient (Wildman–Crippen LogP) is 4.94. The first-order valence-electron chi connectivity index (χ1n) is 11.6. The van der Waals surface area contributed by atoms with Gasteiger partial charge in [-0.1, -0.05) is 26.0 Å². The lowest BCUT2D eigenvalue weighted by Crippen LogP contribution is -2.48. The maximum atomic E-state index is 13.2. The topological polar surface area (TPSA) is 57.7 Å². The molecule has 0 bridgehead atoms. The number of hydrogen-bond donors (Lipinski definition) is 1. The van der Waals surface area contributed by atoms with E-state index in [4.69, 9.17) is 4.74 Å². The van der Waals surface area contributed by atoms with Crippen molar-refractivity contribution in [2.75, 3.05) is 26.7 Å². The van der Waals surface area contributed by atoms with Gasteiger partial charge >= 0.3 is 12.2 Å². The number of nitrogens with one attached hydrogen (secondary N) is 1. The molecule has 0 aliphatic carbocycles. The van der Waals surface area contributed by atoms with Gasteiger partial charge in [-0.3, -0.25) is 4.98 Å². The zero-order valence-corrected chi connectivity index (χ0v) is 19.9. The van der Waals surface area contributed by atoms with Crippen molar-refractivity contribution in [3.8, 4) is 5.75 Å². The molecule has 9 heteroatoms. The van der Waals surface area contributed by atoms with Crippen LogP contribution in [-0.2, 0) is 19.3 Å². The van der Waals surface area contributed by atoms with Gasteiger partial charge in [-0.25, -0.2) is 4.79 Å². The number of halogens is 3.